The van der Waals surface area contributed by atoms with E-state index in [4.69, 9.17) is 11.6 Å². The van der Waals surface area contributed by atoms with Gasteiger partial charge in [-0.3, -0.25) is 14.4 Å². The zero-order valence-electron chi connectivity index (χ0n) is 20.8. The molecule has 0 N–H and O–H groups in total. The highest BCUT2D eigenvalue weighted by molar-refractivity contribution is 6.33. The van der Waals surface area contributed by atoms with Crippen molar-refractivity contribution in [1.29, 1.82) is 0 Å². The highest BCUT2D eigenvalue weighted by Crippen LogP contribution is 2.35. The zero-order valence-corrected chi connectivity index (χ0v) is 21.6. The second-order valence-corrected chi connectivity index (χ2v) is 9.68. The standard InChI is InChI=1S/C25H24ClF4N7O/c1-4-34-13-20(25(28,29)30)32-24(34)16-6-5-15(9-18(16)27)12-35-21-10-19(33-36(21)8-7-22(35)38)23-17(26)11-31-37(23)14(2)3/h5-6,9-11,13-14H,4,7-8,12H2,1-3H3. The van der Waals surface area contributed by atoms with Crippen LogP contribution in [-0.2, 0) is 30.6 Å². The van der Waals surface area contributed by atoms with Crippen molar-refractivity contribution in [2.24, 2.45) is 0 Å². The molecule has 13 heteroatoms. The van der Waals surface area contributed by atoms with Crippen molar-refractivity contribution in [3.8, 4) is 22.8 Å². The number of aromatic nitrogens is 6. The van der Waals surface area contributed by atoms with E-state index in [9.17, 15) is 18.0 Å². The number of anilines is 1. The summed E-state index contributed by atoms with van der Waals surface area (Å²) >= 11 is 6.39. The Morgan fingerprint density at radius 3 is 2.61 bits per heavy atom. The zero-order chi connectivity index (χ0) is 27.4. The van der Waals surface area contributed by atoms with Gasteiger partial charge >= 0.3 is 6.18 Å². The fraction of sp³-hybridized carbons (Fsp3) is 0.360. The average Bonchev–Trinajstić information content (AvgIpc) is 3.57. The Bertz CT molecular complexity index is 1520. The molecule has 3 aromatic heterocycles. The van der Waals surface area contributed by atoms with Crippen molar-refractivity contribution in [1.82, 2.24) is 29.1 Å². The van der Waals surface area contributed by atoms with Crippen LogP contribution in [0.3, 0.4) is 0 Å². The first-order chi connectivity index (χ1) is 18.0. The number of nitrogens with zero attached hydrogens (tertiary/aromatic N) is 7. The van der Waals surface area contributed by atoms with Crippen LogP contribution in [0, 0.1) is 5.82 Å². The maximum Gasteiger partial charge on any atom is 0.434 e. The summed E-state index contributed by atoms with van der Waals surface area (Å²) in [5.41, 5.74) is 0.520. The molecule has 1 aliphatic heterocycles. The van der Waals surface area contributed by atoms with Gasteiger partial charge in [-0.25, -0.2) is 14.1 Å². The highest BCUT2D eigenvalue weighted by atomic mass is 35.5. The lowest BCUT2D eigenvalue weighted by Crippen LogP contribution is -2.36. The van der Waals surface area contributed by atoms with Gasteiger partial charge in [0.1, 0.15) is 28.8 Å². The number of aryl methyl sites for hydroxylation is 2. The van der Waals surface area contributed by atoms with Gasteiger partial charge in [0.05, 0.1) is 29.9 Å². The van der Waals surface area contributed by atoms with Gasteiger partial charge in [-0.05, 0) is 38.5 Å². The number of rotatable bonds is 6. The summed E-state index contributed by atoms with van der Waals surface area (Å²) in [7, 11) is 0. The van der Waals surface area contributed by atoms with Crippen LogP contribution in [0.2, 0.25) is 5.02 Å². The molecular weight excluding hydrogens is 526 g/mol. The van der Waals surface area contributed by atoms with Gasteiger partial charge in [0.15, 0.2) is 5.69 Å². The van der Waals surface area contributed by atoms with E-state index in [0.29, 0.717) is 34.3 Å². The quantitative estimate of drug-likeness (QED) is 0.278. The summed E-state index contributed by atoms with van der Waals surface area (Å²) in [5, 5.41) is 9.38. The maximum atomic E-state index is 15.2. The molecule has 200 valence electrons. The Labute approximate surface area is 220 Å². The van der Waals surface area contributed by atoms with Gasteiger partial charge in [-0.15, -0.1) is 0 Å². The minimum atomic E-state index is -4.64. The van der Waals surface area contributed by atoms with Crippen LogP contribution in [0.1, 0.15) is 44.5 Å². The molecule has 0 fully saturated rings. The lowest BCUT2D eigenvalue weighted by molar-refractivity contribution is -0.140. The number of hydrogen-bond donors (Lipinski definition) is 0. The molecule has 8 nitrogen and oxygen atoms in total. The average molecular weight is 550 g/mol. The van der Waals surface area contributed by atoms with Crippen LogP contribution in [-0.4, -0.2) is 35.0 Å². The van der Waals surface area contributed by atoms with E-state index in [-0.39, 0.29) is 42.8 Å². The summed E-state index contributed by atoms with van der Waals surface area (Å²) in [6, 6.07) is 5.96. The number of imidazole rings is 1. The summed E-state index contributed by atoms with van der Waals surface area (Å²) in [4.78, 5) is 18.0. The number of halogens is 5. The van der Waals surface area contributed by atoms with Crippen LogP contribution in [0.15, 0.2) is 36.7 Å². The normalized spacial score (nSPS) is 14.0. The lowest BCUT2D eigenvalue weighted by Gasteiger charge is -2.27. The Hall–Kier alpha value is -3.67. The third-order valence-electron chi connectivity index (χ3n) is 6.38. The number of fused-ring (bicyclic) bond motifs is 1. The smallest absolute Gasteiger partial charge is 0.331 e. The molecule has 0 bridgehead atoms. The molecule has 0 spiro atoms. The summed E-state index contributed by atoms with van der Waals surface area (Å²) < 4.78 is 59.4. The second kappa shape index (κ2) is 9.57. The van der Waals surface area contributed by atoms with Crippen LogP contribution in [0.5, 0.6) is 0 Å². The molecule has 1 amide bonds. The molecule has 4 aromatic rings. The Kier molecular flexibility index (Phi) is 6.54. The molecule has 1 aliphatic rings. The first-order valence-corrected chi connectivity index (χ1v) is 12.4. The van der Waals surface area contributed by atoms with Crippen molar-refractivity contribution in [3.63, 3.8) is 0 Å². The van der Waals surface area contributed by atoms with Gasteiger partial charge in [0.25, 0.3) is 0 Å². The molecule has 0 atom stereocenters. The second-order valence-electron chi connectivity index (χ2n) is 9.27. The molecule has 0 saturated carbocycles. The fourth-order valence-corrected chi connectivity index (χ4v) is 4.77. The minimum Gasteiger partial charge on any atom is -0.331 e. The molecule has 0 unspecified atom stereocenters. The Balaban J connectivity index is 1.46. The molecule has 5 rings (SSSR count). The van der Waals surface area contributed by atoms with E-state index >= 15 is 4.39 Å². The van der Waals surface area contributed by atoms with E-state index in [1.54, 1.807) is 34.6 Å². The Morgan fingerprint density at radius 1 is 1.18 bits per heavy atom. The molecular formula is C25H24ClF4N7O. The van der Waals surface area contributed by atoms with E-state index in [2.05, 4.69) is 15.2 Å². The molecule has 4 heterocycles. The number of amides is 1. The minimum absolute atomic E-state index is 0.0333. The number of benzene rings is 1. The monoisotopic (exact) mass is 549 g/mol. The predicted molar refractivity (Wildman–Crippen MR) is 133 cm³/mol. The lowest BCUT2D eigenvalue weighted by atomic mass is 10.1. The van der Waals surface area contributed by atoms with E-state index in [1.807, 2.05) is 13.8 Å². The fourth-order valence-electron chi connectivity index (χ4n) is 4.54. The third kappa shape index (κ3) is 4.57. The molecule has 38 heavy (non-hydrogen) atoms. The largest absolute Gasteiger partial charge is 0.434 e. The summed E-state index contributed by atoms with van der Waals surface area (Å²) in [6.45, 7) is 6.20. The van der Waals surface area contributed by atoms with Gasteiger partial charge in [0, 0.05) is 31.3 Å². The van der Waals surface area contributed by atoms with Crippen LogP contribution in [0.25, 0.3) is 22.8 Å². The first-order valence-electron chi connectivity index (χ1n) is 12.0. The topological polar surface area (TPSA) is 73.8 Å². The number of carbonyl (C=O) groups excluding carboxylic acids is 1. The Morgan fingerprint density at radius 2 is 1.95 bits per heavy atom. The number of alkyl halides is 3. The first kappa shape index (κ1) is 26.0. The molecule has 0 radical (unpaired) electrons. The van der Waals surface area contributed by atoms with Crippen LogP contribution >= 0.6 is 11.6 Å². The van der Waals surface area contributed by atoms with E-state index in [0.717, 1.165) is 6.20 Å². The van der Waals surface area contributed by atoms with Crippen molar-refractivity contribution in [3.05, 3.63) is 58.8 Å². The summed E-state index contributed by atoms with van der Waals surface area (Å²) in [6.07, 6.45) is -2.02. The molecule has 0 saturated heterocycles. The van der Waals surface area contributed by atoms with E-state index in [1.165, 1.54) is 21.6 Å². The van der Waals surface area contributed by atoms with Crippen LogP contribution in [0.4, 0.5) is 23.4 Å². The van der Waals surface area contributed by atoms with Gasteiger partial charge in [-0.2, -0.15) is 23.4 Å². The molecule has 0 aliphatic carbocycles. The summed E-state index contributed by atoms with van der Waals surface area (Å²) in [5.74, 6) is -0.472. The van der Waals surface area contributed by atoms with E-state index < -0.39 is 17.7 Å². The van der Waals surface area contributed by atoms with Crippen LogP contribution < -0.4 is 4.90 Å². The SMILES string of the molecule is CCn1cc(C(F)(F)F)nc1-c1ccc(CN2C(=O)CCn3nc(-c4c(Cl)cnn4C(C)C)cc32)cc1F. The third-order valence-corrected chi connectivity index (χ3v) is 6.66. The highest BCUT2D eigenvalue weighted by Gasteiger charge is 2.35. The van der Waals surface area contributed by atoms with Crippen molar-refractivity contribution < 1.29 is 22.4 Å². The van der Waals surface area contributed by atoms with Gasteiger partial charge in [0.2, 0.25) is 5.91 Å². The molecule has 1 aromatic carbocycles. The maximum absolute atomic E-state index is 15.2. The number of carbonyl (C=O) groups is 1. The van der Waals surface area contributed by atoms with Crippen molar-refractivity contribution >= 4 is 23.3 Å². The van der Waals surface area contributed by atoms with Gasteiger partial charge < -0.3 is 4.57 Å². The van der Waals surface area contributed by atoms with Gasteiger partial charge in [-0.1, -0.05) is 17.7 Å². The van der Waals surface area contributed by atoms with Crippen molar-refractivity contribution in [2.75, 3.05) is 4.90 Å². The number of hydrogen-bond acceptors (Lipinski definition) is 4. The van der Waals surface area contributed by atoms with Crippen molar-refractivity contribution in [2.45, 2.75) is 59.0 Å². The predicted octanol–water partition coefficient (Wildman–Crippen LogP) is 5.96.